The zero-order chi connectivity index (χ0) is 20.0. The molecule has 1 aliphatic rings. The topological polar surface area (TPSA) is 212 Å². The van der Waals surface area contributed by atoms with Gasteiger partial charge in [-0.2, -0.15) is 5.10 Å². The molecule has 0 spiro atoms. The van der Waals surface area contributed by atoms with Crippen molar-refractivity contribution in [2.75, 3.05) is 6.61 Å². The fourth-order valence-electron chi connectivity index (χ4n) is 2.79. The minimum Gasteiger partial charge on any atom is -0.394 e. The van der Waals surface area contributed by atoms with E-state index in [-0.39, 0.29) is 21.3 Å². The number of aliphatic hydroxyl groups is 3. The normalized spacial score (nSPS) is 24.8. The zero-order valence-electron chi connectivity index (χ0n) is 13.8. The number of hydrogen-bond donors (Lipinski definition) is 6. The van der Waals surface area contributed by atoms with Gasteiger partial charge < -0.3 is 25.0 Å². The lowest BCUT2D eigenvalue weighted by Crippen LogP contribution is -2.33. The van der Waals surface area contributed by atoms with Crippen LogP contribution in [0.2, 0.25) is 0 Å². The third-order valence-corrected chi connectivity index (χ3v) is 5.03. The first-order valence-corrected chi connectivity index (χ1v) is 8.67. The van der Waals surface area contributed by atoms with Gasteiger partial charge >= 0.3 is 5.69 Å². The zero-order valence-corrected chi connectivity index (χ0v) is 14.6. The molecular weight excluding hydrogens is 398 g/mol. The third kappa shape index (κ3) is 2.94. The number of aliphatic hydroxyl groups excluding tert-OH is 3. The van der Waals surface area contributed by atoms with Gasteiger partial charge in [0.2, 0.25) is 0 Å². The molecule has 4 heterocycles. The molecule has 0 bridgehead atoms. The Bertz CT molecular complexity index is 1200. The largest absolute Gasteiger partial charge is 0.394 e. The molecule has 28 heavy (non-hydrogen) atoms. The Hall–Kier alpha value is -2.85. The number of rotatable bonds is 4. The number of ether oxygens (including phenoxy) is 1. The van der Waals surface area contributed by atoms with Gasteiger partial charge in [-0.05, 0) is 11.8 Å². The highest BCUT2D eigenvalue weighted by Gasteiger charge is 2.45. The smallest absolute Gasteiger partial charge is 0.342 e. The lowest BCUT2D eigenvalue weighted by Gasteiger charge is -2.18. The van der Waals surface area contributed by atoms with E-state index in [1.807, 2.05) is 4.98 Å². The predicted octanol–water partition coefficient (Wildman–Crippen LogP) is -3.35. The van der Waals surface area contributed by atoms with Crippen LogP contribution in [0.15, 0.2) is 30.9 Å². The number of hydrogen-bond acceptors (Lipinski definition) is 11. The predicted molar refractivity (Wildman–Crippen MR) is 90.8 cm³/mol. The van der Waals surface area contributed by atoms with E-state index >= 15 is 0 Å². The van der Waals surface area contributed by atoms with Gasteiger partial charge in [0, 0.05) is 0 Å². The molecule has 1 aliphatic heterocycles. The molecule has 15 heteroatoms. The maximum Gasteiger partial charge on any atom is 0.342 e. The Balaban J connectivity index is 1.88. The Morgan fingerprint density at radius 1 is 1.21 bits per heavy atom. The molecule has 3 aromatic heterocycles. The quantitative estimate of drug-likeness (QED) is 0.249. The summed E-state index contributed by atoms with van der Waals surface area (Å²) < 4.78 is 6.71. The van der Waals surface area contributed by atoms with Crippen molar-refractivity contribution >= 4 is 22.9 Å². The molecule has 3 aromatic rings. The minimum atomic E-state index is -1.48. The van der Waals surface area contributed by atoms with E-state index in [9.17, 15) is 29.7 Å². The Kier molecular flexibility index (Phi) is 4.60. The molecule has 6 N–H and O–H groups in total. The lowest BCUT2D eigenvalue weighted by molar-refractivity contribution is -0.0548. The molecule has 0 amide bonds. The van der Waals surface area contributed by atoms with Crippen molar-refractivity contribution in [2.45, 2.75) is 34.7 Å². The number of aromatic nitrogens is 7. The summed E-state index contributed by atoms with van der Waals surface area (Å²) in [7, 11) is 0. The highest BCUT2D eigenvalue weighted by Crippen LogP contribution is 2.35. The molecule has 4 atom stereocenters. The van der Waals surface area contributed by atoms with Gasteiger partial charge in [0.15, 0.2) is 27.6 Å². The summed E-state index contributed by atoms with van der Waals surface area (Å²) in [6.45, 7) is -0.557. The van der Waals surface area contributed by atoms with Gasteiger partial charge in [0.1, 0.15) is 18.3 Å². The van der Waals surface area contributed by atoms with Crippen molar-refractivity contribution < 1.29 is 20.1 Å². The number of H-pyrrole nitrogens is 3. The van der Waals surface area contributed by atoms with E-state index in [4.69, 9.17) is 4.74 Å². The van der Waals surface area contributed by atoms with E-state index in [1.165, 1.54) is 4.57 Å². The van der Waals surface area contributed by atoms with Gasteiger partial charge in [0.05, 0.1) is 12.9 Å². The molecule has 1 fully saturated rings. The minimum absolute atomic E-state index is 0.0147. The van der Waals surface area contributed by atoms with Crippen LogP contribution in [0.3, 0.4) is 0 Å². The van der Waals surface area contributed by atoms with Crippen LogP contribution in [-0.2, 0) is 4.74 Å². The van der Waals surface area contributed by atoms with Gasteiger partial charge in [-0.15, -0.1) is 0 Å². The first-order valence-electron chi connectivity index (χ1n) is 7.85. The fraction of sp³-hybridized carbons (Fsp3) is 0.385. The highest BCUT2D eigenvalue weighted by molar-refractivity contribution is 7.99. The monoisotopic (exact) mass is 411 g/mol. The highest BCUT2D eigenvalue weighted by atomic mass is 32.2. The number of imidazole rings is 1. The second kappa shape index (κ2) is 6.95. The Labute approximate surface area is 157 Å². The van der Waals surface area contributed by atoms with Crippen molar-refractivity contribution in [1.29, 1.82) is 0 Å². The third-order valence-electron chi connectivity index (χ3n) is 4.09. The summed E-state index contributed by atoms with van der Waals surface area (Å²) in [6, 6.07) is 0. The number of fused-ring (bicyclic) bond motifs is 1. The summed E-state index contributed by atoms with van der Waals surface area (Å²) in [5.41, 5.74) is -2.27. The molecule has 0 aliphatic carbocycles. The van der Waals surface area contributed by atoms with Gasteiger partial charge in [0.25, 0.3) is 11.1 Å². The maximum absolute atomic E-state index is 12.1. The molecule has 0 unspecified atom stereocenters. The van der Waals surface area contributed by atoms with Crippen LogP contribution < -0.4 is 16.8 Å². The van der Waals surface area contributed by atoms with Crippen LogP contribution in [0.1, 0.15) is 6.23 Å². The van der Waals surface area contributed by atoms with Gasteiger partial charge in [-0.1, -0.05) is 0 Å². The number of aromatic amines is 3. The first-order chi connectivity index (χ1) is 13.4. The van der Waals surface area contributed by atoms with Crippen molar-refractivity contribution in [2.24, 2.45) is 0 Å². The van der Waals surface area contributed by atoms with Gasteiger partial charge in [-0.3, -0.25) is 19.1 Å². The van der Waals surface area contributed by atoms with Crippen molar-refractivity contribution in [3.63, 3.8) is 0 Å². The maximum atomic E-state index is 12.1. The number of nitrogens with one attached hydrogen (secondary N) is 3. The van der Waals surface area contributed by atoms with E-state index in [2.05, 4.69) is 25.1 Å². The molecule has 0 radical (unpaired) electrons. The SMILES string of the molecule is O=c1[nH]nc(Sc2nc3c(=O)[nH]cnc3n2[C@H]2O[C@@H](CO)[C@H](O)[C@@H]2O)c(=O)[nH]1. The van der Waals surface area contributed by atoms with Gasteiger partial charge in [-0.25, -0.2) is 19.9 Å². The van der Waals surface area contributed by atoms with E-state index < -0.39 is 48.0 Å². The molecule has 0 aromatic carbocycles. The summed E-state index contributed by atoms with van der Waals surface area (Å²) in [5.74, 6) is 0. The van der Waals surface area contributed by atoms with Crippen molar-refractivity contribution in [3.05, 3.63) is 37.5 Å². The summed E-state index contributed by atoms with van der Waals surface area (Å²) >= 11 is 0.682. The van der Waals surface area contributed by atoms with Crippen LogP contribution in [0.4, 0.5) is 0 Å². The van der Waals surface area contributed by atoms with Crippen LogP contribution in [0.5, 0.6) is 0 Å². The second-order valence-corrected chi connectivity index (χ2v) is 6.77. The average Bonchev–Trinajstić information content (AvgIpc) is 3.16. The summed E-state index contributed by atoms with van der Waals surface area (Å²) in [6.07, 6.45) is -4.09. The van der Waals surface area contributed by atoms with Crippen LogP contribution in [0.25, 0.3) is 11.2 Å². The molecule has 0 saturated carbocycles. The van der Waals surface area contributed by atoms with E-state index in [0.717, 1.165) is 6.33 Å². The Morgan fingerprint density at radius 3 is 2.68 bits per heavy atom. The molecule has 148 valence electrons. The van der Waals surface area contributed by atoms with Crippen LogP contribution in [0, 0.1) is 0 Å². The van der Waals surface area contributed by atoms with Crippen molar-refractivity contribution in [3.8, 4) is 0 Å². The summed E-state index contributed by atoms with van der Waals surface area (Å²) in [5, 5.41) is 35.2. The van der Waals surface area contributed by atoms with E-state index in [1.54, 1.807) is 0 Å². The lowest BCUT2D eigenvalue weighted by atomic mass is 10.1. The van der Waals surface area contributed by atoms with Crippen molar-refractivity contribution in [1.82, 2.24) is 34.7 Å². The fourth-order valence-corrected chi connectivity index (χ4v) is 3.62. The van der Waals surface area contributed by atoms with Crippen LogP contribution >= 0.6 is 11.8 Å². The molecule has 14 nitrogen and oxygen atoms in total. The standard InChI is InChI=1S/C13H13N7O7S/c21-1-3-5(22)6(23)11(27-3)20-7-4(8(24)15-2-14-7)16-13(20)28-10-9(25)17-12(26)19-18-10/h2-3,5-6,11,21-23H,1H2,(H,14,15,24)(H2,17,19,25,26)/t3-,5-,6-,11-/m0/s1. The number of nitrogens with zero attached hydrogens (tertiary/aromatic N) is 4. The molecule has 4 rings (SSSR count). The van der Waals surface area contributed by atoms with Crippen LogP contribution in [-0.4, -0.2) is 74.9 Å². The molecule has 1 saturated heterocycles. The average molecular weight is 411 g/mol. The summed E-state index contributed by atoms with van der Waals surface area (Å²) in [4.78, 5) is 47.7. The second-order valence-electron chi connectivity index (χ2n) is 5.81. The Morgan fingerprint density at radius 2 is 2.00 bits per heavy atom. The van der Waals surface area contributed by atoms with E-state index in [0.29, 0.717) is 11.8 Å². The first kappa shape index (κ1) is 18.5. The molecular formula is C13H13N7O7S.